The molecule has 0 aliphatic heterocycles. The average molecular weight is 365 g/mol. The zero-order chi connectivity index (χ0) is 14.9. The van der Waals surface area contributed by atoms with Crippen LogP contribution >= 0.6 is 0 Å². The molecular formula is C8H18CoO12+2. The van der Waals surface area contributed by atoms with Crippen molar-refractivity contribution in [1.29, 1.82) is 0 Å². The van der Waals surface area contributed by atoms with Gasteiger partial charge >= 0.3 is 23.9 Å². The number of carboxylic acids is 4. The first-order valence-electron chi connectivity index (χ1n) is 4.33. The summed E-state index contributed by atoms with van der Waals surface area (Å²) in [4.78, 5) is 38.8. The fraction of sp³-hybridized carbons (Fsp3) is 0.500. The summed E-state index contributed by atoms with van der Waals surface area (Å²) in [6, 6.07) is 0. The van der Waals surface area contributed by atoms with E-state index in [0.29, 0.717) is 0 Å². The van der Waals surface area contributed by atoms with Gasteiger partial charge < -0.3 is 41.6 Å². The standard InChI is InChI=1S/2C4H6O5.Co.2H2O/c2*5-2(4(8)9)1-3(6)7;;;/h2*2,5H,1H2,(H,6,7)(H,8,9);;2*1H2/p+2. The average Bonchev–Trinajstić information content (AvgIpc) is 2.16. The predicted molar refractivity (Wildman–Crippen MR) is 61.5 cm³/mol. The first-order valence-corrected chi connectivity index (χ1v) is 4.33. The van der Waals surface area contributed by atoms with Crippen LogP contribution in [-0.4, -0.2) is 66.7 Å². The van der Waals surface area contributed by atoms with Crippen LogP contribution in [0.5, 0.6) is 0 Å². The SMILES string of the molecule is O=C(O)CC(O)C(=O)O.O=C(O)CC(O)C(=O)O.[Co].[OH3+].[OH3+]. The smallest absolute Gasteiger partial charge is 0.333 e. The maximum atomic E-state index is 9.72. The summed E-state index contributed by atoms with van der Waals surface area (Å²) in [6.07, 6.45) is -5.09. The summed E-state index contributed by atoms with van der Waals surface area (Å²) in [5.74, 6) is -5.69. The molecule has 21 heavy (non-hydrogen) atoms. The van der Waals surface area contributed by atoms with Crippen LogP contribution in [0.25, 0.3) is 0 Å². The second-order valence-electron chi connectivity index (χ2n) is 2.90. The molecule has 0 aliphatic carbocycles. The molecule has 0 rings (SSSR count). The Morgan fingerprint density at radius 2 is 0.857 bits per heavy atom. The Bertz CT molecular complexity index is 297. The van der Waals surface area contributed by atoms with Crippen molar-refractivity contribution in [2.45, 2.75) is 25.0 Å². The second-order valence-corrected chi connectivity index (χ2v) is 2.90. The van der Waals surface area contributed by atoms with Crippen molar-refractivity contribution in [1.82, 2.24) is 0 Å². The number of carbonyl (C=O) groups is 4. The molecular weight excluding hydrogens is 347 g/mol. The Labute approximate surface area is 127 Å². The normalized spacial score (nSPS) is 10.8. The summed E-state index contributed by atoms with van der Waals surface area (Å²) in [5, 5.41) is 48.3. The third kappa shape index (κ3) is 23.7. The van der Waals surface area contributed by atoms with E-state index in [-0.39, 0.29) is 27.7 Å². The third-order valence-corrected chi connectivity index (χ3v) is 1.31. The van der Waals surface area contributed by atoms with Crippen molar-refractivity contribution in [2.24, 2.45) is 0 Å². The summed E-state index contributed by atoms with van der Waals surface area (Å²) < 4.78 is 0. The van der Waals surface area contributed by atoms with E-state index in [1.807, 2.05) is 0 Å². The third-order valence-electron chi connectivity index (χ3n) is 1.31. The molecule has 0 spiro atoms. The first kappa shape index (κ1) is 31.6. The molecule has 2 atom stereocenters. The van der Waals surface area contributed by atoms with E-state index in [0.717, 1.165) is 0 Å². The topological polar surface area (TPSA) is 256 Å². The van der Waals surface area contributed by atoms with E-state index in [9.17, 15) is 19.2 Å². The number of hydrogen-bond donors (Lipinski definition) is 6. The van der Waals surface area contributed by atoms with Crippen LogP contribution in [0.1, 0.15) is 12.8 Å². The summed E-state index contributed by atoms with van der Waals surface area (Å²) >= 11 is 0. The van der Waals surface area contributed by atoms with Gasteiger partial charge in [-0.05, 0) is 0 Å². The van der Waals surface area contributed by atoms with Gasteiger partial charge in [0.25, 0.3) is 0 Å². The molecule has 0 amide bonds. The summed E-state index contributed by atoms with van der Waals surface area (Å²) in [5.41, 5.74) is 0. The zero-order valence-corrected chi connectivity index (χ0v) is 11.4. The Morgan fingerprint density at radius 1 is 0.667 bits per heavy atom. The van der Waals surface area contributed by atoms with Crippen LogP contribution in [0.2, 0.25) is 0 Å². The quantitative estimate of drug-likeness (QED) is 0.248. The van der Waals surface area contributed by atoms with E-state index in [1.165, 1.54) is 0 Å². The predicted octanol–water partition coefficient (Wildman–Crippen LogP) is -4.03. The molecule has 0 aromatic heterocycles. The monoisotopic (exact) mass is 365 g/mol. The van der Waals surface area contributed by atoms with Crippen molar-refractivity contribution in [3.8, 4) is 0 Å². The van der Waals surface area contributed by atoms with Crippen LogP contribution in [0.15, 0.2) is 0 Å². The van der Waals surface area contributed by atoms with Crippen LogP contribution < -0.4 is 0 Å². The van der Waals surface area contributed by atoms with Crippen molar-refractivity contribution in [3.63, 3.8) is 0 Å². The van der Waals surface area contributed by atoms with E-state index >= 15 is 0 Å². The first-order chi connectivity index (χ1) is 8.07. The van der Waals surface area contributed by atoms with Crippen molar-refractivity contribution in [3.05, 3.63) is 0 Å². The molecule has 0 heterocycles. The van der Waals surface area contributed by atoms with E-state index in [4.69, 9.17) is 30.6 Å². The van der Waals surface area contributed by atoms with Gasteiger partial charge in [-0.1, -0.05) is 0 Å². The minimum atomic E-state index is -1.79. The summed E-state index contributed by atoms with van der Waals surface area (Å²) in [6.45, 7) is 0. The van der Waals surface area contributed by atoms with Crippen LogP contribution in [0.4, 0.5) is 0 Å². The molecule has 0 bridgehead atoms. The number of rotatable bonds is 6. The number of aliphatic carboxylic acids is 4. The molecule has 0 saturated heterocycles. The number of carboxylic acid groups (broad SMARTS) is 4. The number of aliphatic hydroxyl groups is 2. The minimum absolute atomic E-state index is 0. The number of hydrogen-bond acceptors (Lipinski definition) is 6. The molecule has 1 radical (unpaired) electrons. The van der Waals surface area contributed by atoms with Gasteiger partial charge in [0.05, 0.1) is 12.8 Å². The molecule has 0 saturated carbocycles. The van der Waals surface area contributed by atoms with Crippen molar-refractivity contribution in [2.75, 3.05) is 0 Å². The zero-order valence-electron chi connectivity index (χ0n) is 10.4. The van der Waals surface area contributed by atoms with E-state index in [1.54, 1.807) is 0 Å². The van der Waals surface area contributed by atoms with Gasteiger partial charge in [0.1, 0.15) is 0 Å². The molecule has 0 aromatic rings. The largest absolute Gasteiger partial charge is 0.481 e. The van der Waals surface area contributed by atoms with Crippen LogP contribution in [0, 0.1) is 0 Å². The van der Waals surface area contributed by atoms with Gasteiger partial charge in [-0.3, -0.25) is 9.59 Å². The fourth-order valence-electron chi connectivity index (χ4n) is 0.505. The van der Waals surface area contributed by atoms with Gasteiger partial charge in [-0.15, -0.1) is 0 Å². The molecule has 0 fully saturated rings. The Hall–Kier alpha value is -1.77. The van der Waals surface area contributed by atoms with Crippen LogP contribution in [0.3, 0.4) is 0 Å². The Balaban J connectivity index is -0.0000000711. The Morgan fingerprint density at radius 3 is 0.905 bits per heavy atom. The second kappa shape index (κ2) is 16.3. The molecule has 129 valence electrons. The Kier molecular flexibility index (Phi) is 24.5. The number of aliphatic hydroxyl groups excluding tert-OH is 2. The molecule has 13 heteroatoms. The van der Waals surface area contributed by atoms with Crippen LogP contribution in [-0.2, 0) is 46.9 Å². The van der Waals surface area contributed by atoms with Gasteiger partial charge in [-0.2, -0.15) is 0 Å². The van der Waals surface area contributed by atoms with Gasteiger partial charge in [0.2, 0.25) is 0 Å². The fourth-order valence-corrected chi connectivity index (χ4v) is 0.505. The maximum Gasteiger partial charge on any atom is 0.333 e. The van der Waals surface area contributed by atoms with Gasteiger partial charge in [0.15, 0.2) is 12.2 Å². The van der Waals surface area contributed by atoms with Gasteiger partial charge in [0, 0.05) is 16.8 Å². The minimum Gasteiger partial charge on any atom is -0.481 e. The summed E-state index contributed by atoms with van der Waals surface area (Å²) in [7, 11) is 0. The van der Waals surface area contributed by atoms with Crippen molar-refractivity contribution < 1.29 is 77.5 Å². The molecule has 2 unspecified atom stereocenters. The maximum absolute atomic E-state index is 9.72. The van der Waals surface area contributed by atoms with E-state index in [2.05, 4.69) is 0 Å². The molecule has 12 N–H and O–H groups in total. The molecule has 12 nitrogen and oxygen atoms in total. The molecule has 0 aromatic carbocycles. The van der Waals surface area contributed by atoms with E-state index < -0.39 is 48.9 Å². The van der Waals surface area contributed by atoms with Crippen molar-refractivity contribution >= 4 is 23.9 Å². The molecule has 0 aliphatic rings. The van der Waals surface area contributed by atoms with Gasteiger partial charge in [-0.25, -0.2) is 9.59 Å².